The zero-order valence-electron chi connectivity index (χ0n) is 15.1. The first-order valence-electron chi connectivity index (χ1n) is 9.01. The molecule has 1 aromatic heterocycles. The van der Waals surface area contributed by atoms with E-state index in [2.05, 4.69) is 10.1 Å². The molecule has 1 fully saturated rings. The van der Waals surface area contributed by atoms with E-state index in [-0.39, 0.29) is 36.7 Å². The summed E-state index contributed by atoms with van der Waals surface area (Å²) >= 11 is 0. The van der Waals surface area contributed by atoms with Gasteiger partial charge in [-0.3, -0.25) is 4.79 Å². The fraction of sp³-hybridized carbons (Fsp3) is 0.500. The first-order valence-corrected chi connectivity index (χ1v) is 9.01. The fourth-order valence-corrected chi connectivity index (χ4v) is 3.31. The maximum absolute atomic E-state index is 13.7. The van der Waals surface area contributed by atoms with E-state index in [9.17, 15) is 18.0 Å². The SMILES string of the molecule is Cl.N[C@@H](CC(=O)N1CCn2nc(C3CC3)nc2C1)Cc1cc(F)c(F)cc1F. The molecule has 1 aromatic carbocycles. The van der Waals surface area contributed by atoms with Crippen molar-refractivity contribution >= 4 is 18.3 Å². The summed E-state index contributed by atoms with van der Waals surface area (Å²) in [5.41, 5.74) is 5.91. The lowest BCUT2D eigenvalue weighted by Gasteiger charge is -2.27. The molecular weight excluding hydrogens is 395 g/mol. The Morgan fingerprint density at radius 3 is 2.61 bits per heavy atom. The topological polar surface area (TPSA) is 77.0 Å². The van der Waals surface area contributed by atoms with Gasteiger partial charge in [0.05, 0.1) is 13.1 Å². The molecule has 0 saturated heterocycles. The quantitative estimate of drug-likeness (QED) is 0.760. The van der Waals surface area contributed by atoms with Crippen LogP contribution in [0.25, 0.3) is 0 Å². The average molecular weight is 416 g/mol. The van der Waals surface area contributed by atoms with E-state index in [1.165, 1.54) is 0 Å². The van der Waals surface area contributed by atoms with E-state index in [0.717, 1.165) is 30.6 Å². The molecular formula is C18H21ClF3N5O. The normalized spacial score (nSPS) is 17.1. The molecule has 0 radical (unpaired) electrons. The van der Waals surface area contributed by atoms with E-state index >= 15 is 0 Å². The molecule has 2 aromatic rings. The van der Waals surface area contributed by atoms with Gasteiger partial charge in [0.2, 0.25) is 5.91 Å². The Balaban J connectivity index is 0.00000225. The average Bonchev–Trinajstić information content (AvgIpc) is 3.38. The Bertz CT molecular complexity index is 886. The van der Waals surface area contributed by atoms with Crippen LogP contribution in [0.5, 0.6) is 0 Å². The van der Waals surface area contributed by atoms with E-state index in [4.69, 9.17) is 5.73 Å². The van der Waals surface area contributed by atoms with E-state index in [1.54, 1.807) is 4.90 Å². The molecule has 152 valence electrons. The number of rotatable bonds is 5. The first-order chi connectivity index (χ1) is 12.9. The maximum atomic E-state index is 13.7. The Hall–Kier alpha value is -2.13. The molecule has 2 heterocycles. The Morgan fingerprint density at radius 2 is 1.89 bits per heavy atom. The summed E-state index contributed by atoms with van der Waals surface area (Å²) in [6, 6.07) is 0.588. The molecule has 1 aliphatic carbocycles. The Labute approximate surface area is 166 Å². The zero-order chi connectivity index (χ0) is 19.1. The third-order valence-corrected chi connectivity index (χ3v) is 4.98. The van der Waals surface area contributed by atoms with Crippen LogP contribution in [0.4, 0.5) is 13.2 Å². The highest BCUT2D eigenvalue weighted by atomic mass is 35.5. The molecule has 0 bridgehead atoms. The van der Waals surface area contributed by atoms with Crippen molar-refractivity contribution in [1.29, 1.82) is 0 Å². The van der Waals surface area contributed by atoms with Gasteiger partial charge in [0, 0.05) is 31.0 Å². The number of hydrogen-bond donors (Lipinski definition) is 1. The molecule has 2 N–H and O–H groups in total. The Kier molecular flexibility index (Phi) is 5.95. The van der Waals surface area contributed by atoms with Crippen LogP contribution < -0.4 is 5.73 Å². The second kappa shape index (κ2) is 8.08. The molecule has 28 heavy (non-hydrogen) atoms. The van der Waals surface area contributed by atoms with Gasteiger partial charge in [-0.15, -0.1) is 12.4 Å². The van der Waals surface area contributed by atoms with Crippen LogP contribution in [0.2, 0.25) is 0 Å². The molecule has 1 amide bonds. The molecule has 0 spiro atoms. The summed E-state index contributed by atoms with van der Waals surface area (Å²) in [5.74, 6) is -1.35. The number of aromatic nitrogens is 3. The van der Waals surface area contributed by atoms with Crippen LogP contribution in [0, 0.1) is 17.5 Å². The zero-order valence-corrected chi connectivity index (χ0v) is 15.9. The number of hydrogen-bond acceptors (Lipinski definition) is 4. The summed E-state index contributed by atoms with van der Waals surface area (Å²) in [5, 5.41) is 4.48. The van der Waals surface area contributed by atoms with Crippen molar-refractivity contribution in [2.24, 2.45) is 5.73 Å². The van der Waals surface area contributed by atoms with Crippen LogP contribution in [0.1, 0.15) is 42.4 Å². The first kappa shape index (κ1) is 20.6. The van der Waals surface area contributed by atoms with Crippen molar-refractivity contribution in [3.63, 3.8) is 0 Å². The highest BCUT2D eigenvalue weighted by Crippen LogP contribution is 2.38. The van der Waals surface area contributed by atoms with Crippen molar-refractivity contribution in [3.05, 3.63) is 46.8 Å². The van der Waals surface area contributed by atoms with E-state index < -0.39 is 23.5 Å². The van der Waals surface area contributed by atoms with Crippen LogP contribution >= 0.6 is 12.4 Å². The summed E-state index contributed by atoms with van der Waals surface area (Å²) < 4.78 is 41.9. The molecule has 1 aliphatic heterocycles. The standard InChI is InChI=1S/C18H20F3N5O.ClH/c19-13-8-15(21)14(20)6-11(13)5-12(22)7-17(27)25-3-4-26-16(9-25)23-18(24-26)10-1-2-10;/h6,8,10,12H,1-5,7,9,22H2;1H/t12-;/m1./s1. The van der Waals surface area contributed by atoms with Gasteiger partial charge in [-0.25, -0.2) is 22.8 Å². The van der Waals surface area contributed by atoms with Crippen molar-refractivity contribution in [2.75, 3.05) is 6.54 Å². The van der Waals surface area contributed by atoms with Gasteiger partial charge in [0.15, 0.2) is 17.5 Å². The number of carbonyl (C=O) groups excluding carboxylic acids is 1. The van der Waals surface area contributed by atoms with Gasteiger partial charge < -0.3 is 10.6 Å². The van der Waals surface area contributed by atoms with E-state index in [0.29, 0.717) is 31.6 Å². The van der Waals surface area contributed by atoms with Crippen LogP contribution in [-0.4, -0.2) is 38.2 Å². The van der Waals surface area contributed by atoms with Gasteiger partial charge in [-0.05, 0) is 30.9 Å². The second-order valence-corrected chi connectivity index (χ2v) is 7.22. The highest BCUT2D eigenvalue weighted by molar-refractivity contribution is 5.85. The van der Waals surface area contributed by atoms with Crippen molar-refractivity contribution in [2.45, 2.75) is 50.7 Å². The smallest absolute Gasteiger partial charge is 0.224 e. The van der Waals surface area contributed by atoms with Crippen LogP contribution in [-0.2, 0) is 24.3 Å². The predicted molar refractivity (Wildman–Crippen MR) is 97.3 cm³/mol. The van der Waals surface area contributed by atoms with Gasteiger partial charge in [0.25, 0.3) is 0 Å². The highest BCUT2D eigenvalue weighted by Gasteiger charge is 2.31. The van der Waals surface area contributed by atoms with Crippen molar-refractivity contribution in [3.8, 4) is 0 Å². The fourth-order valence-electron chi connectivity index (χ4n) is 3.31. The second-order valence-electron chi connectivity index (χ2n) is 7.22. The number of carbonyl (C=O) groups is 1. The lowest BCUT2D eigenvalue weighted by Crippen LogP contribution is -2.41. The molecule has 4 rings (SSSR count). The third-order valence-electron chi connectivity index (χ3n) is 4.98. The lowest BCUT2D eigenvalue weighted by atomic mass is 10.0. The summed E-state index contributed by atoms with van der Waals surface area (Å²) in [7, 11) is 0. The minimum absolute atomic E-state index is 0. The molecule has 1 saturated carbocycles. The third kappa shape index (κ3) is 4.30. The van der Waals surface area contributed by atoms with Gasteiger partial charge >= 0.3 is 0 Å². The number of halogens is 4. The molecule has 1 atom stereocenters. The number of fused-ring (bicyclic) bond motifs is 1. The molecule has 0 unspecified atom stereocenters. The minimum Gasteiger partial charge on any atom is -0.333 e. The monoisotopic (exact) mass is 415 g/mol. The largest absolute Gasteiger partial charge is 0.333 e. The summed E-state index contributed by atoms with van der Waals surface area (Å²) in [6.45, 7) is 1.45. The van der Waals surface area contributed by atoms with Crippen molar-refractivity contribution in [1.82, 2.24) is 19.7 Å². The van der Waals surface area contributed by atoms with Gasteiger partial charge in [-0.2, -0.15) is 5.10 Å². The Morgan fingerprint density at radius 1 is 1.18 bits per heavy atom. The van der Waals surface area contributed by atoms with Crippen molar-refractivity contribution < 1.29 is 18.0 Å². The molecule has 10 heteroatoms. The van der Waals surface area contributed by atoms with Gasteiger partial charge in [-0.1, -0.05) is 0 Å². The summed E-state index contributed by atoms with van der Waals surface area (Å²) in [4.78, 5) is 18.7. The van der Waals surface area contributed by atoms with Crippen LogP contribution in [0.15, 0.2) is 12.1 Å². The van der Waals surface area contributed by atoms with Gasteiger partial charge in [0.1, 0.15) is 11.6 Å². The lowest BCUT2D eigenvalue weighted by molar-refractivity contribution is -0.133. The number of nitrogens with zero attached hydrogens (tertiary/aromatic N) is 4. The van der Waals surface area contributed by atoms with E-state index in [1.807, 2.05) is 4.68 Å². The van der Waals surface area contributed by atoms with Crippen LogP contribution in [0.3, 0.4) is 0 Å². The number of amides is 1. The molecule has 2 aliphatic rings. The maximum Gasteiger partial charge on any atom is 0.224 e. The molecule has 6 nitrogen and oxygen atoms in total. The number of benzene rings is 1. The number of nitrogens with two attached hydrogens (primary N) is 1. The summed E-state index contributed by atoms with van der Waals surface area (Å²) in [6.07, 6.45) is 2.16. The minimum atomic E-state index is -1.25. The predicted octanol–water partition coefficient (Wildman–Crippen LogP) is 2.30.